The van der Waals surface area contributed by atoms with E-state index in [1.54, 1.807) is 7.05 Å². The number of amides is 1. The molecule has 0 radical (unpaired) electrons. The Morgan fingerprint density at radius 1 is 1.12 bits per heavy atom. The molecule has 0 atom stereocenters. The van der Waals surface area contributed by atoms with Crippen LogP contribution in [0.3, 0.4) is 0 Å². The van der Waals surface area contributed by atoms with E-state index >= 15 is 0 Å². The maximum Gasteiger partial charge on any atom is 0.265 e. The Morgan fingerprint density at radius 2 is 1.92 bits per heavy atom. The molecule has 2 aromatic heterocycles. The highest BCUT2D eigenvalue weighted by Gasteiger charge is 2.29. The SMILES string of the molecule is CN1C(=O)C(=Cc2cccn2-c2nnc(-c3ccccc3)s2)SC1=S. The first-order valence-electron chi connectivity index (χ1n) is 7.42. The van der Waals surface area contributed by atoms with Gasteiger partial charge in [-0.25, -0.2) is 0 Å². The molecule has 5 nitrogen and oxygen atoms in total. The van der Waals surface area contributed by atoms with Gasteiger partial charge in [0.15, 0.2) is 0 Å². The number of benzene rings is 1. The van der Waals surface area contributed by atoms with Crippen LogP contribution in [0.2, 0.25) is 0 Å². The first-order chi connectivity index (χ1) is 12.1. The molecule has 4 rings (SSSR count). The number of carbonyl (C=O) groups excluding carboxylic acids is 1. The monoisotopic (exact) mass is 384 g/mol. The fraction of sp³-hybridized carbons (Fsp3) is 0.0588. The van der Waals surface area contributed by atoms with Crippen LogP contribution in [-0.2, 0) is 4.79 Å². The fourth-order valence-corrected chi connectivity index (χ4v) is 4.39. The molecular weight excluding hydrogens is 372 g/mol. The van der Waals surface area contributed by atoms with E-state index in [1.165, 1.54) is 28.0 Å². The van der Waals surface area contributed by atoms with Crippen molar-refractivity contribution in [2.75, 3.05) is 7.05 Å². The maximum absolute atomic E-state index is 12.2. The minimum absolute atomic E-state index is 0.0787. The molecule has 124 valence electrons. The molecule has 1 aliphatic heterocycles. The molecule has 0 aliphatic carbocycles. The largest absolute Gasteiger partial charge is 0.296 e. The van der Waals surface area contributed by atoms with Crippen molar-refractivity contribution in [3.63, 3.8) is 0 Å². The summed E-state index contributed by atoms with van der Waals surface area (Å²) in [6.45, 7) is 0. The lowest BCUT2D eigenvalue weighted by Gasteiger charge is -2.04. The number of hydrogen-bond donors (Lipinski definition) is 0. The third-order valence-electron chi connectivity index (χ3n) is 3.69. The molecule has 1 amide bonds. The summed E-state index contributed by atoms with van der Waals surface area (Å²) in [5.41, 5.74) is 1.90. The molecule has 0 bridgehead atoms. The van der Waals surface area contributed by atoms with E-state index in [9.17, 15) is 4.79 Å². The molecule has 1 fully saturated rings. The van der Waals surface area contributed by atoms with Gasteiger partial charge in [0.25, 0.3) is 5.91 Å². The van der Waals surface area contributed by atoms with E-state index in [0.717, 1.165) is 21.4 Å². The average molecular weight is 385 g/mol. The van der Waals surface area contributed by atoms with Gasteiger partial charge in [-0.15, -0.1) is 10.2 Å². The van der Waals surface area contributed by atoms with Crippen molar-refractivity contribution >= 4 is 51.6 Å². The van der Waals surface area contributed by atoms with E-state index in [2.05, 4.69) is 10.2 Å². The lowest BCUT2D eigenvalue weighted by Crippen LogP contribution is -2.22. The summed E-state index contributed by atoms with van der Waals surface area (Å²) in [4.78, 5) is 14.3. The summed E-state index contributed by atoms with van der Waals surface area (Å²) in [7, 11) is 1.69. The number of hydrogen-bond acceptors (Lipinski definition) is 6. The van der Waals surface area contributed by atoms with Gasteiger partial charge in [-0.1, -0.05) is 65.6 Å². The summed E-state index contributed by atoms with van der Waals surface area (Å²) in [6, 6.07) is 13.8. The summed E-state index contributed by atoms with van der Waals surface area (Å²) in [5, 5.41) is 10.2. The van der Waals surface area contributed by atoms with Crippen LogP contribution in [0.15, 0.2) is 53.6 Å². The second-order valence-corrected chi connectivity index (χ2v) is 7.93. The van der Waals surface area contributed by atoms with E-state index in [0.29, 0.717) is 9.23 Å². The second kappa shape index (κ2) is 6.55. The van der Waals surface area contributed by atoms with Crippen molar-refractivity contribution in [2.45, 2.75) is 0 Å². The van der Waals surface area contributed by atoms with Gasteiger partial charge in [0.05, 0.1) is 4.91 Å². The van der Waals surface area contributed by atoms with Crippen LogP contribution in [0.4, 0.5) is 0 Å². The number of aromatic nitrogens is 3. The normalized spacial score (nSPS) is 16.2. The minimum Gasteiger partial charge on any atom is -0.296 e. The highest BCUT2D eigenvalue weighted by Crippen LogP contribution is 2.32. The lowest BCUT2D eigenvalue weighted by molar-refractivity contribution is -0.121. The van der Waals surface area contributed by atoms with Crippen molar-refractivity contribution in [3.05, 3.63) is 59.3 Å². The predicted molar refractivity (Wildman–Crippen MR) is 106 cm³/mol. The van der Waals surface area contributed by atoms with Crippen LogP contribution >= 0.6 is 35.3 Å². The van der Waals surface area contributed by atoms with Gasteiger partial charge in [-0.3, -0.25) is 14.3 Å². The zero-order valence-electron chi connectivity index (χ0n) is 13.1. The quantitative estimate of drug-likeness (QED) is 0.507. The van der Waals surface area contributed by atoms with Crippen molar-refractivity contribution in [1.29, 1.82) is 0 Å². The van der Waals surface area contributed by atoms with Crippen molar-refractivity contribution < 1.29 is 4.79 Å². The molecule has 3 aromatic rings. The molecule has 3 heterocycles. The van der Waals surface area contributed by atoms with Gasteiger partial charge in [0, 0.05) is 24.5 Å². The second-order valence-electron chi connectivity index (χ2n) is 5.30. The first kappa shape index (κ1) is 16.2. The van der Waals surface area contributed by atoms with Gasteiger partial charge < -0.3 is 0 Å². The number of nitrogens with zero attached hydrogens (tertiary/aromatic N) is 4. The maximum atomic E-state index is 12.2. The molecule has 0 saturated carbocycles. The Labute approximate surface area is 158 Å². The number of thioether (sulfide) groups is 1. The van der Waals surface area contributed by atoms with E-state index < -0.39 is 0 Å². The number of likely N-dealkylation sites (N-methyl/N-ethyl adjacent to an activating group) is 1. The Kier molecular flexibility index (Phi) is 4.24. The molecule has 0 unspecified atom stereocenters. The Morgan fingerprint density at radius 3 is 2.64 bits per heavy atom. The standard InChI is InChI=1S/C17H12N4OS3/c1-20-15(22)13(24-17(20)23)10-12-8-5-9-21(12)16-19-18-14(25-16)11-6-3-2-4-7-11/h2-10H,1H3. The molecule has 1 saturated heterocycles. The smallest absolute Gasteiger partial charge is 0.265 e. The Balaban J connectivity index is 1.68. The molecular formula is C17H12N4OS3. The van der Waals surface area contributed by atoms with Crippen LogP contribution in [0, 0.1) is 0 Å². The van der Waals surface area contributed by atoms with E-state index in [-0.39, 0.29) is 5.91 Å². The van der Waals surface area contributed by atoms with Crippen LogP contribution in [0.25, 0.3) is 21.8 Å². The number of thiocarbonyl (C=S) groups is 1. The summed E-state index contributed by atoms with van der Waals surface area (Å²) < 4.78 is 2.49. The first-order valence-corrected chi connectivity index (χ1v) is 9.46. The van der Waals surface area contributed by atoms with E-state index in [4.69, 9.17) is 12.2 Å². The lowest BCUT2D eigenvalue weighted by atomic mass is 10.2. The van der Waals surface area contributed by atoms with Crippen LogP contribution < -0.4 is 0 Å². The van der Waals surface area contributed by atoms with Gasteiger partial charge >= 0.3 is 0 Å². The van der Waals surface area contributed by atoms with Crippen molar-refractivity contribution in [1.82, 2.24) is 19.7 Å². The van der Waals surface area contributed by atoms with Gasteiger partial charge in [0.1, 0.15) is 9.33 Å². The van der Waals surface area contributed by atoms with E-state index in [1.807, 2.05) is 59.3 Å². The van der Waals surface area contributed by atoms with Crippen molar-refractivity contribution in [3.8, 4) is 15.7 Å². The van der Waals surface area contributed by atoms with Crippen LogP contribution in [-0.4, -0.2) is 36.9 Å². The van der Waals surface area contributed by atoms with Gasteiger partial charge in [0.2, 0.25) is 5.13 Å². The summed E-state index contributed by atoms with van der Waals surface area (Å²) in [5.74, 6) is -0.0787. The van der Waals surface area contributed by atoms with Crippen LogP contribution in [0.1, 0.15) is 5.69 Å². The van der Waals surface area contributed by atoms with Gasteiger partial charge in [-0.2, -0.15) is 0 Å². The number of carbonyl (C=O) groups is 1. The Hall–Kier alpha value is -2.29. The minimum atomic E-state index is -0.0787. The fourth-order valence-electron chi connectivity index (χ4n) is 2.38. The molecule has 1 aliphatic rings. The number of rotatable bonds is 3. The highest BCUT2D eigenvalue weighted by molar-refractivity contribution is 8.26. The summed E-state index contributed by atoms with van der Waals surface area (Å²) in [6.07, 6.45) is 3.75. The molecule has 0 spiro atoms. The molecule has 1 aromatic carbocycles. The molecule has 0 N–H and O–H groups in total. The third kappa shape index (κ3) is 3.04. The zero-order valence-corrected chi connectivity index (χ0v) is 15.6. The third-order valence-corrected chi connectivity index (χ3v) is 6.14. The average Bonchev–Trinajstić information content (AvgIpc) is 3.33. The van der Waals surface area contributed by atoms with Crippen LogP contribution in [0.5, 0.6) is 0 Å². The van der Waals surface area contributed by atoms with Gasteiger partial charge in [-0.05, 0) is 18.2 Å². The van der Waals surface area contributed by atoms with Crippen molar-refractivity contribution in [2.24, 2.45) is 0 Å². The topological polar surface area (TPSA) is 51.0 Å². The summed E-state index contributed by atoms with van der Waals surface area (Å²) >= 11 is 7.99. The highest BCUT2D eigenvalue weighted by atomic mass is 32.2. The predicted octanol–water partition coefficient (Wildman–Crippen LogP) is 3.83. The molecule has 25 heavy (non-hydrogen) atoms. The Bertz CT molecular complexity index is 990. The zero-order chi connectivity index (χ0) is 17.4. The molecule has 8 heteroatoms.